The molecule has 7 heteroatoms. The summed E-state index contributed by atoms with van der Waals surface area (Å²) in [5, 5.41) is 8.99. The second kappa shape index (κ2) is 7.81. The first kappa shape index (κ1) is 18.3. The highest BCUT2D eigenvalue weighted by Gasteiger charge is 2.29. The van der Waals surface area contributed by atoms with Crippen LogP contribution in [0, 0.1) is 11.8 Å². The molecule has 0 saturated carbocycles. The third kappa shape index (κ3) is 7.49. The number of hydrogen-bond donors (Lipinski definition) is 2. The van der Waals surface area contributed by atoms with Gasteiger partial charge in [0.15, 0.2) is 0 Å². The fourth-order valence-electron chi connectivity index (χ4n) is 1.72. The molecular weight excluding hydrogens is 270 g/mol. The first-order valence-corrected chi connectivity index (χ1v) is 7.99. The van der Waals surface area contributed by atoms with Gasteiger partial charge in [0.25, 0.3) is 0 Å². The summed E-state index contributed by atoms with van der Waals surface area (Å²) in [5.41, 5.74) is 0. The third-order valence-electron chi connectivity index (χ3n) is 2.71. The van der Waals surface area contributed by atoms with Crippen molar-refractivity contribution in [1.29, 1.82) is 0 Å². The number of sulfonamides is 1. The first-order valence-electron chi connectivity index (χ1n) is 6.34. The average molecular weight is 295 g/mol. The Labute approximate surface area is 115 Å². The maximum atomic E-state index is 11.9. The van der Waals surface area contributed by atoms with E-state index in [2.05, 4.69) is 4.72 Å². The van der Waals surface area contributed by atoms with E-state index in [0.717, 1.165) is 0 Å². The van der Waals surface area contributed by atoms with E-state index in [4.69, 9.17) is 9.84 Å². The van der Waals surface area contributed by atoms with Crippen LogP contribution in [-0.2, 0) is 19.6 Å². The molecule has 0 aliphatic carbocycles. The summed E-state index contributed by atoms with van der Waals surface area (Å²) in [6.07, 6.45) is 0.177. The Hall–Kier alpha value is -0.660. The Kier molecular flexibility index (Phi) is 7.54. The van der Waals surface area contributed by atoms with Gasteiger partial charge in [-0.15, -0.1) is 0 Å². The molecule has 0 spiro atoms. The van der Waals surface area contributed by atoms with Crippen molar-refractivity contribution in [1.82, 2.24) is 4.72 Å². The van der Waals surface area contributed by atoms with Gasteiger partial charge >= 0.3 is 5.97 Å². The highest BCUT2D eigenvalue weighted by atomic mass is 32.2. The predicted molar refractivity (Wildman–Crippen MR) is 73.4 cm³/mol. The Morgan fingerprint density at radius 2 is 1.79 bits per heavy atom. The molecule has 19 heavy (non-hydrogen) atoms. The standard InChI is InChI=1S/C12H25NO5S/c1-8(2)6-10(18-5)7-19(16,17)13-11(9(3)4)12(14)15/h8-11,13H,6-7H2,1-5H3,(H,14,15)/t10?,11-/m0/s1. The Morgan fingerprint density at radius 1 is 1.26 bits per heavy atom. The molecule has 0 aliphatic rings. The minimum atomic E-state index is -3.68. The van der Waals surface area contributed by atoms with E-state index in [0.29, 0.717) is 12.3 Å². The SMILES string of the molecule is COC(CC(C)C)CS(=O)(=O)N[C@H](C(=O)O)C(C)C. The highest BCUT2D eigenvalue weighted by Crippen LogP contribution is 2.11. The van der Waals surface area contributed by atoms with E-state index in [1.54, 1.807) is 13.8 Å². The normalized spacial score (nSPS) is 15.7. The van der Waals surface area contributed by atoms with Gasteiger partial charge in [0.05, 0.1) is 11.9 Å². The number of methoxy groups -OCH3 is 1. The lowest BCUT2D eigenvalue weighted by atomic mass is 10.1. The number of ether oxygens (including phenoxy) is 1. The number of rotatable bonds is 9. The topological polar surface area (TPSA) is 92.7 Å². The Bertz CT molecular complexity index is 378. The van der Waals surface area contributed by atoms with Crippen LogP contribution in [0.25, 0.3) is 0 Å². The van der Waals surface area contributed by atoms with Crippen molar-refractivity contribution < 1.29 is 23.1 Å². The second-order valence-corrected chi connectivity index (χ2v) is 7.24. The van der Waals surface area contributed by atoms with Gasteiger partial charge in [-0.05, 0) is 18.3 Å². The van der Waals surface area contributed by atoms with Crippen LogP contribution in [0.4, 0.5) is 0 Å². The van der Waals surface area contributed by atoms with Crippen molar-refractivity contribution >= 4 is 16.0 Å². The molecule has 0 saturated heterocycles. The molecule has 2 N–H and O–H groups in total. The van der Waals surface area contributed by atoms with E-state index in [9.17, 15) is 13.2 Å². The van der Waals surface area contributed by atoms with Crippen LogP contribution in [-0.4, -0.2) is 44.5 Å². The van der Waals surface area contributed by atoms with Crippen LogP contribution in [0.5, 0.6) is 0 Å². The number of carboxylic acids is 1. The van der Waals surface area contributed by atoms with Gasteiger partial charge < -0.3 is 9.84 Å². The second-order valence-electron chi connectivity index (χ2n) is 5.45. The molecule has 0 heterocycles. The summed E-state index contributed by atoms with van der Waals surface area (Å²) in [5.74, 6) is -1.41. The minimum Gasteiger partial charge on any atom is -0.480 e. The maximum absolute atomic E-state index is 11.9. The Morgan fingerprint density at radius 3 is 2.11 bits per heavy atom. The molecule has 0 amide bonds. The predicted octanol–water partition coefficient (Wildman–Crippen LogP) is 1.08. The quantitative estimate of drug-likeness (QED) is 0.664. The van der Waals surface area contributed by atoms with Crippen molar-refractivity contribution in [3.63, 3.8) is 0 Å². The lowest BCUT2D eigenvalue weighted by Crippen LogP contribution is -2.46. The van der Waals surface area contributed by atoms with Gasteiger partial charge in [0, 0.05) is 7.11 Å². The zero-order valence-electron chi connectivity index (χ0n) is 12.2. The van der Waals surface area contributed by atoms with Crippen molar-refractivity contribution in [3.05, 3.63) is 0 Å². The van der Waals surface area contributed by atoms with Gasteiger partial charge in [-0.2, -0.15) is 0 Å². The Balaban J connectivity index is 4.73. The number of hydrogen-bond acceptors (Lipinski definition) is 4. The van der Waals surface area contributed by atoms with Crippen LogP contribution in [0.2, 0.25) is 0 Å². The number of nitrogens with one attached hydrogen (secondary N) is 1. The summed E-state index contributed by atoms with van der Waals surface area (Å²) in [7, 11) is -2.23. The number of carboxylic acid groups (broad SMARTS) is 1. The van der Waals surface area contributed by atoms with Crippen LogP contribution >= 0.6 is 0 Å². The summed E-state index contributed by atoms with van der Waals surface area (Å²) in [6, 6.07) is -1.11. The van der Waals surface area contributed by atoms with Crippen LogP contribution in [0.15, 0.2) is 0 Å². The zero-order chi connectivity index (χ0) is 15.2. The molecule has 0 aliphatic heterocycles. The van der Waals surface area contributed by atoms with E-state index in [1.807, 2.05) is 13.8 Å². The van der Waals surface area contributed by atoms with E-state index in [-0.39, 0.29) is 11.7 Å². The zero-order valence-corrected chi connectivity index (χ0v) is 13.0. The average Bonchev–Trinajstić information content (AvgIpc) is 2.23. The molecule has 0 radical (unpaired) electrons. The molecule has 6 nitrogen and oxygen atoms in total. The molecule has 114 valence electrons. The molecule has 0 aromatic rings. The smallest absolute Gasteiger partial charge is 0.321 e. The van der Waals surface area contributed by atoms with Crippen molar-refractivity contribution in [2.75, 3.05) is 12.9 Å². The lowest BCUT2D eigenvalue weighted by Gasteiger charge is -2.21. The van der Waals surface area contributed by atoms with Gasteiger partial charge in [-0.1, -0.05) is 27.7 Å². The summed E-state index contributed by atoms with van der Waals surface area (Å²) < 4.78 is 31.2. The molecular formula is C12H25NO5S. The van der Waals surface area contributed by atoms with Gasteiger partial charge in [-0.25, -0.2) is 13.1 Å². The van der Waals surface area contributed by atoms with Gasteiger partial charge in [0.2, 0.25) is 10.0 Å². The van der Waals surface area contributed by atoms with Crippen molar-refractivity contribution in [3.8, 4) is 0 Å². The maximum Gasteiger partial charge on any atom is 0.321 e. The molecule has 0 rings (SSSR count). The highest BCUT2D eigenvalue weighted by molar-refractivity contribution is 7.89. The van der Waals surface area contributed by atoms with Gasteiger partial charge in [-0.3, -0.25) is 4.79 Å². The fraction of sp³-hybridized carbons (Fsp3) is 0.917. The molecule has 2 atom stereocenters. The summed E-state index contributed by atoms with van der Waals surface area (Å²) in [6.45, 7) is 7.26. The fourth-order valence-corrected chi connectivity index (χ4v) is 3.33. The number of aliphatic carboxylic acids is 1. The van der Waals surface area contributed by atoms with E-state index >= 15 is 0 Å². The lowest BCUT2D eigenvalue weighted by molar-refractivity contribution is -0.140. The van der Waals surface area contributed by atoms with Crippen LogP contribution < -0.4 is 4.72 Å². The van der Waals surface area contributed by atoms with Crippen molar-refractivity contribution in [2.45, 2.75) is 46.3 Å². The van der Waals surface area contributed by atoms with Gasteiger partial charge in [0.1, 0.15) is 6.04 Å². The largest absolute Gasteiger partial charge is 0.480 e. The molecule has 0 aromatic carbocycles. The first-order chi connectivity index (χ1) is 8.59. The monoisotopic (exact) mass is 295 g/mol. The molecule has 0 bridgehead atoms. The summed E-state index contributed by atoms with van der Waals surface area (Å²) in [4.78, 5) is 11.0. The number of carbonyl (C=O) groups is 1. The van der Waals surface area contributed by atoms with E-state index < -0.39 is 28.1 Å². The third-order valence-corrected chi connectivity index (χ3v) is 4.14. The molecule has 0 fully saturated rings. The van der Waals surface area contributed by atoms with Crippen LogP contribution in [0.1, 0.15) is 34.1 Å². The van der Waals surface area contributed by atoms with E-state index in [1.165, 1.54) is 7.11 Å². The minimum absolute atomic E-state index is 0.224. The molecule has 1 unspecified atom stereocenters. The van der Waals surface area contributed by atoms with Crippen LogP contribution in [0.3, 0.4) is 0 Å². The van der Waals surface area contributed by atoms with Crippen molar-refractivity contribution in [2.24, 2.45) is 11.8 Å². The summed E-state index contributed by atoms with van der Waals surface area (Å²) >= 11 is 0. The molecule has 0 aromatic heterocycles.